The summed E-state index contributed by atoms with van der Waals surface area (Å²) >= 11 is 0. The van der Waals surface area contributed by atoms with Gasteiger partial charge in [0.25, 0.3) is 0 Å². The summed E-state index contributed by atoms with van der Waals surface area (Å²) in [4.78, 5) is 6.48. The summed E-state index contributed by atoms with van der Waals surface area (Å²) in [5.41, 5.74) is 0.931. The first kappa shape index (κ1) is 22.6. The maximum Gasteiger partial charge on any atom is 0.211 e. The summed E-state index contributed by atoms with van der Waals surface area (Å²) < 4.78 is 44.0. The first-order valence-electron chi connectivity index (χ1n) is 9.56. The number of ether oxygens (including phenoxy) is 1. The van der Waals surface area contributed by atoms with E-state index < -0.39 is 10.0 Å². The lowest BCUT2D eigenvalue weighted by Crippen LogP contribution is -2.51. The van der Waals surface area contributed by atoms with Gasteiger partial charge in [0, 0.05) is 33.2 Å². The van der Waals surface area contributed by atoms with Crippen LogP contribution in [0, 0.1) is 5.82 Å². The molecule has 1 fully saturated rings. The van der Waals surface area contributed by atoms with Crippen LogP contribution in [-0.4, -0.2) is 75.7 Å². The van der Waals surface area contributed by atoms with Gasteiger partial charge in [-0.1, -0.05) is 19.1 Å². The van der Waals surface area contributed by atoms with Crippen LogP contribution in [0.4, 0.5) is 4.39 Å². The molecule has 2 atom stereocenters. The summed E-state index contributed by atoms with van der Waals surface area (Å²) in [5.74, 6) is 0.488. The number of nitrogens with one attached hydrogen (secondary N) is 1. The second kappa shape index (κ2) is 10.2. The molecular formula is C19H31FN4O3S. The third-order valence-corrected chi connectivity index (χ3v) is 6.08. The average Bonchev–Trinajstić information content (AvgIpc) is 2.63. The molecule has 2 unspecified atom stereocenters. The van der Waals surface area contributed by atoms with Crippen LogP contribution in [0.15, 0.2) is 29.3 Å². The highest BCUT2D eigenvalue weighted by Gasteiger charge is 2.28. The van der Waals surface area contributed by atoms with Gasteiger partial charge in [-0.25, -0.2) is 17.1 Å². The van der Waals surface area contributed by atoms with E-state index >= 15 is 0 Å². The topological polar surface area (TPSA) is 74.2 Å². The van der Waals surface area contributed by atoms with Gasteiger partial charge in [0.1, 0.15) is 11.9 Å². The Balaban J connectivity index is 1.92. The van der Waals surface area contributed by atoms with Gasteiger partial charge in [0.05, 0.1) is 18.9 Å². The third kappa shape index (κ3) is 6.42. The SMILES string of the molecule is CCN(CCCNC(=NC)N1CC(C)OC(c2ccc(F)cc2)C1)S(C)(=O)=O. The molecule has 0 aromatic heterocycles. The maximum atomic E-state index is 13.2. The number of guanidine groups is 1. The lowest BCUT2D eigenvalue weighted by Gasteiger charge is -2.38. The zero-order chi connectivity index (χ0) is 20.7. The minimum Gasteiger partial charge on any atom is -0.367 e. The Morgan fingerprint density at radius 1 is 1.36 bits per heavy atom. The first-order valence-corrected chi connectivity index (χ1v) is 11.4. The van der Waals surface area contributed by atoms with Crippen LogP contribution in [-0.2, 0) is 14.8 Å². The van der Waals surface area contributed by atoms with Gasteiger partial charge in [-0.05, 0) is 31.0 Å². The number of halogens is 1. The fourth-order valence-electron chi connectivity index (χ4n) is 3.33. The number of hydrogen-bond donors (Lipinski definition) is 1. The van der Waals surface area contributed by atoms with E-state index in [1.807, 2.05) is 13.8 Å². The lowest BCUT2D eigenvalue weighted by molar-refractivity contribution is -0.0605. The van der Waals surface area contributed by atoms with Crippen molar-refractivity contribution in [1.82, 2.24) is 14.5 Å². The molecule has 0 spiro atoms. The molecule has 158 valence electrons. The van der Waals surface area contributed by atoms with Gasteiger partial charge in [-0.15, -0.1) is 0 Å². The second-order valence-corrected chi connectivity index (χ2v) is 8.96. The maximum absolute atomic E-state index is 13.2. The molecule has 1 saturated heterocycles. The third-order valence-electron chi connectivity index (χ3n) is 4.70. The van der Waals surface area contributed by atoms with E-state index in [0.717, 1.165) is 11.5 Å². The molecule has 1 aromatic rings. The predicted molar refractivity (Wildman–Crippen MR) is 109 cm³/mol. The van der Waals surface area contributed by atoms with Crippen LogP contribution in [0.1, 0.15) is 31.9 Å². The number of benzene rings is 1. The Hall–Kier alpha value is -1.71. The van der Waals surface area contributed by atoms with Crippen molar-refractivity contribution in [2.24, 2.45) is 4.99 Å². The van der Waals surface area contributed by atoms with E-state index in [4.69, 9.17) is 4.74 Å². The Morgan fingerprint density at radius 3 is 2.61 bits per heavy atom. The smallest absolute Gasteiger partial charge is 0.211 e. The highest BCUT2D eigenvalue weighted by molar-refractivity contribution is 7.88. The molecule has 0 radical (unpaired) electrons. The fraction of sp³-hybridized carbons (Fsp3) is 0.632. The number of rotatable bonds is 7. The van der Waals surface area contributed by atoms with E-state index in [-0.39, 0.29) is 18.0 Å². The quantitative estimate of drug-likeness (QED) is 0.419. The summed E-state index contributed by atoms with van der Waals surface area (Å²) in [5, 5.41) is 3.31. The van der Waals surface area contributed by atoms with Crippen molar-refractivity contribution in [2.75, 3.05) is 46.0 Å². The Labute approximate surface area is 167 Å². The van der Waals surface area contributed by atoms with Gasteiger partial charge in [0.2, 0.25) is 10.0 Å². The number of sulfonamides is 1. The summed E-state index contributed by atoms with van der Waals surface area (Å²) in [6.45, 7) is 6.69. The van der Waals surface area contributed by atoms with Crippen LogP contribution >= 0.6 is 0 Å². The normalized spacial score (nSPS) is 21.2. The van der Waals surface area contributed by atoms with Crippen LogP contribution in [0.3, 0.4) is 0 Å². The molecule has 1 aliphatic heterocycles. The molecule has 0 bridgehead atoms. The van der Waals surface area contributed by atoms with Crippen molar-refractivity contribution in [3.05, 3.63) is 35.6 Å². The molecule has 1 aliphatic rings. The van der Waals surface area contributed by atoms with Gasteiger partial charge in [0.15, 0.2) is 5.96 Å². The fourth-order valence-corrected chi connectivity index (χ4v) is 4.26. The number of nitrogens with zero attached hydrogens (tertiary/aromatic N) is 3. The molecule has 1 aromatic carbocycles. The van der Waals surface area contributed by atoms with E-state index in [0.29, 0.717) is 39.1 Å². The van der Waals surface area contributed by atoms with E-state index in [2.05, 4.69) is 15.2 Å². The molecule has 28 heavy (non-hydrogen) atoms. The van der Waals surface area contributed by atoms with Crippen molar-refractivity contribution in [3.63, 3.8) is 0 Å². The number of aliphatic imine (C=N–C) groups is 1. The number of morpholine rings is 1. The molecule has 0 saturated carbocycles. The Bertz CT molecular complexity index is 755. The molecule has 1 heterocycles. The molecule has 2 rings (SSSR count). The van der Waals surface area contributed by atoms with Crippen molar-refractivity contribution in [2.45, 2.75) is 32.5 Å². The summed E-state index contributed by atoms with van der Waals surface area (Å²) in [6.07, 6.45) is 1.75. The van der Waals surface area contributed by atoms with Crippen LogP contribution < -0.4 is 5.32 Å². The zero-order valence-corrected chi connectivity index (χ0v) is 17.9. The first-order chi connectivity index (χ1) is 13.2. The number of hydrogen-bond acceptors (Lipinski definition) is 4. The molecule has 1 N–H and O–H groups in total. The molecule has 9 heteroatoms. The Morgan fingerprint density at radius 2 is 2.04 bits per heavy atom. The van der Waals surface area contributed by atoms with E-state index in [1.165, 1.54) is 22.7 Å². The summed E-state index contributed by atoms with van der Waals surface area (Å²) in [6, 6.07) is 6.38. The average molecular weight is 415 g/mol. The highest BCUT2D eigenvalue weighted by atomic mass is 32.2. The van der Waals surface area contributed by atoms with Crippen LogP contribution in [0.5, 0.6) is 0 Å². The predicted octanol–water partition coefficient (Wildman–Crippen LogP) is 1.83. The largest absolute Gasteiger partial charge is 0.367 e. The van der Waals surface area contributed by atoms with Gasteiger partial charge in [-0.3, -0.25) is 4.99 Å². The minimum absolute atomic E-state index is 0.00294. The van der Waals surface area contributed by atoms with Crippen LogP contribution in [0.25, 0.3) is 0 Å². The monoisotopic (exact) mass is 414 g/mol. The van der Waals surface area contributed by atoms with Gasteiger partial charge in [-0.2, -0.15) is 0 Å². The highest BCUT2D eigenvalue weighted by Crippen LogP contribution is 2.25. The second-order valence-electron chi connectivity index (χ2n) is 6.97. The van der Waals surface area contributed by atoms with Crippen molar-refractivity contribution in [1.29, 1.82) is 0 Å². The van der Waals surface area contributed by atoms with Gasteiger partial charge >= 0.3 is 0 Å². The minimum atomic E-state index is -3.17. The Kier molecular flexibility index (Phi) is 8.21. The van der Waals surface area contributed by atoms with Gasteiger partial charge < -0.3 is 15.0 Å². The molecule has 0 aliphatic carbocycles. The lowest BCUT2D eigenvalue weighted by atomic mass is 10.1. The van der Waals surface area contributed by atoms with E-state index in [9.17, 15) is 12.8 Å². The molecular weight excluding hydrogens is 383 g/mol. The zero-order valence-electron chi connectivity index (χ0n) is 17.1. The van der Waals surface area contributed by atoms with E-state index in [1.54, 1.807) is 19.2 Å². The molecule has 7 nitrogen and oxygen atoms in total. The van der Waals surface area contributed by atoms with Crippen molar-refractivity contribution < 1.29 is 17.5 Å². The van der Waals surface area contributed by atoms with Crippen molar-refractivity contribution in [3.8, 4) is 0 Å². The summed E-state index contributed by atoms with van der Waals surface area (Å²) in [7, 11) is -1.44. The van der Waals surface area contributed by atoms with Crippen LogP contribution in [0.2, 0.25) is 0 Å². The molecule has 0 amide bonds. The van der Waals surface area contributed by atoms with Crippen molar-refractivity contribution >= 4 is 16.0 Å². The standard InChI is InChI=1S/C19H31FN4O3S/c1-5-24(28(4,25)26)12-6-11-22-19(21-3)23-13-15(2)27-18(14-23)16-7-9-17(20)10-8-16/h7-10,15,18H,5-6,11-14H2,1-4H3,(H,21,22).